The zero-order valence-electron chi connectivity index (χ0n) is 16.7. The monoisotopic (exact) mass is 372 g/mol. The molecule has 1 aromatic rings. The highest BCUT2D eigenvalue weighted by atomic mass is 16.6. The van der Waals surface area contributed by atoms with Crippen molar-refractivity contribution in [2.45, 2.75) is 66.1 Å². The maximum Gasteiger partial charge on any atom is 0.308 e. The third kappa shape index (κ3) is 4.18. The number of rotatable bonds is 4. The normalized spacial score (nSPS) is 24.7. The van der Waals surface area contributed by atoms with Crippen molar-refractivity contribution in [3.8, 4) is 5.75 Å². The third-order valence-electron chi connectivity index (χ3n) is 5.41. The molecule has 1 aliphatic heterocycles. The summed E-state index contributed by atoms with van der Waals surface area (Å²) in [5.41, 5.74) is 3.23. The maximum atomic E-state index is 12.9. The molecule has 5 heteroatoms. The Balaban J connectivity index is 1.70. The van der Waals surface area contributed by atoms with Gasteiger partial charge in [0.25, 0.3) is 0 Å². The Morgan fingerprint density at radius 3 is 2.63 bits per heavy atom. The van der Waals surface area contributed by atoms with Gasteiger partial charge in [-0.25, -0.2) is 0 Å². The minimum atomic E-state index is -0.260. The number of esters is 1. The van der Waals surface area contributed by atoms with Crippen molar-refractivity contribution in [3.63, 3.8) is 0 Å². The SMILES string of the molecule is Cc1cc(C)c(C)c(OC2=COC3CC(OC(=O)C(C)C)CCC3C2=O)c1. The summed E-state index contributed by atoms with van der Waals surface area (Å²) in [5.74, 6) is 0.308. The summed E-state index contributed by atoms with van der Waals surface area (Å²) in [6, 6.07) is 4.02. The van der Waals surface area contributed by atoms with Gasteiger partial charge in [-0.05, 0) is 56.4 Å². The van der Waals surface area contributed by atoms with Gasteiger partial charge in [0.15, 0.2) is 0 Å². The molecule has 0 amide bonds. The van der Waals surface area contributed by atoms with E-state index < -0.39 is 0 Å². The molecule has 3 unspecified atom stereocenters. The molecule has 1 aliphatic carbocycles. The Labute approximate surface area is 160 Å². The average molecular weight is 372 g/mol. The minimum Gasteiger partial charge on any atom is -0.493 e. The Morgan fingerprint density at radius 1 is 1.19 bits per heavy atom. The fourth-order valence-electron chi connectivity index (χ4n) is 3.64. The summed E-state index contributed by atoms with van der Waals surface area (Å²) < 4.78 is 17.3. The molecule has 3 atom stereocenters. The number of ether oxygens (including phenoxy) is 3. The molecule has 0 bridgehead atoms. The largest absolute Gasteiger partial charge is 0.493 e. The predicted octanol–water partition coefficient (Wildman–Crippen LogP) is 4.17. The lowest BCUT2D eigenvalue weighted by atomic mass is 9.80. The Bertz CT molecular complexity index is 777. The van der Waals surface area contributed by atoms with Crippen LogP contribution in [-0.2, 0) is 19.1 Å². The van der Waals surface area contributed by atoms with Gasteiger partial charge in [0.1, 0.15) is 24.2 Å². The van der Waals surface area contributed by atoms with Crippen LogP contribution in [0, 0.1) is 32.6 Å². The highest BCUT2D eigenvalue weighted by molar-refractivity contribution is 5.96. The number of Topliss-reactive ketones (excluding diaryl/α,β-unsaturated/α-hetero) is 1. The van der Waals surface area contributed by atoms with E-state index in [1.54, 1.807) is 0 Å². The summed E-state index contributed by atoms with van der Waals surface area (Å²) >= 11 is 0. The average Bonchev–Trinajstić information content (AvgIpc) is 2.61. The molecule has 0 spiro atoms. The molecule has 1 heterocycles. The lowest BCUT2D eigenvalue weighted by Crippen LogP contribution is -2.43. The van der Waals surface area contributed by atoms with E-state index in [2.05, 4.69) is 6.07 Å². The van der Waals surface area contributed by atoms with E-state index in [9.17, 15) is 9.59 Å². The number of carbonyl (C=O) groups is 2. The molecule has 27 heavy (non-hydrogen) atoms. The fraction of sp³-hybridized carbons (Fsp3) is 0.545. The van der Waals surface area contributed by atoms with E-state index in [0.29, 0.717) is 25.0 Å². The summed E-state index contributed by atoms with van der Waals surface area (Å²) in [4.78, 5) is 24.7. The molecule has 0 N–H and O–H groups in total. The lowest BCUT2D eigenvalue weighted by Gasteiger charge is -2.37. The van der Waals surface area contributed by atoms with E-state index in [4.69, 9.17) is 14.2 Å². The van der Waals surface area contributed by atoms with Crippen molar-refractivity contribution in [2.24, 2.45) is 11.8 Å². The summed E-state index contributed by atoms with van der Waals surface area (Å²) in [5, 5.41) is 0. The fourth-order valence-corrected chi connectivity index (χ4v) is 3.64. The smallest absolute Gasteiger partial charge is 0.308 e. The van der Waals surface area contributed by atoms with Crippen LogP contribution in [0.25, 0.3) is 0 Å². The Kier molecular flexibility index (Phi) is 5.59. The molecular weight excluding hydrogens is 344 g/mol. The molecule has 0 aromatic heterocycles. The molecule has 3 rings (SSSR count). The highest BCUT2D eigenvalue weighted by Crippen LogP contribution is 2.36. The van der Waals surface area contributed by atoms with Crippen LogP contribution in [0.15, 0.2) is 24.2 Å². The van der Waals surface area contributed by atoms with Crippen LogP contribution in [0.1, 0.15) is 49.8 Å². The summed E-state index contributed by atoms with van der Waals surface area (Å²) in [6.07, 6.45) is 2.82. The van der Waals surface area contributed by atoms with Gasteiger partial charge in [-0.1, -0.05) is 19.9 Å². The van der Waals surface area contributed by atoms with Crippen molar-refractivity contribution in [3.05, 3.63) is 40.8 Å². The molecule has 5 nitrogen and oxygen atoms in total. The van der Waals surface area contributed by atoms with E-state index in [-0.39, 0.29) is 41.6 Å². The molecule has 1 saturated carbocycles. The van der Waals surface area contributed by atoms with Gasteiger partial charge in [-0.3, -0.25) is 9.59 Å². The zero-order valence-corrected chi connectivity index (χ0v) is 16.7. The minimum absolute atomic E-state index is 0.0292. The van der Waals surface area contributed by atoms with Crippen molar-refractivity contribution in [2.75, 3.05) is 0 Å². The number of aryl methyl sites for hydroxylation is 2. The van der Waals surface area contributed by atoms with Crippen LogP contribution in [-0.4, -0.2) is 24.0 Å². The second kappa shape index (κ2) is 7.75. The number of allylic oxidation sites excluding steroid dienone is 1. The van der Waals surface area contributed by atoms with Crippen LogP contribution in [0.3, 0.4) is 0 Å². The number of hydrogen-bond donors (Lipinski definition) is 0. The lowest BCUT2D eigenvalue weighted by molar-refractivity contribution is -0.158. The number of ketones is 1. The van der Waals surface area contributed by atoms with Crippen molar-refractivity contribution >= 4 is 11.8 Å². The van der Waals surface area contributed by atoms with Crippen LogP contribution >= 0.6 is 0 Å². The molecule has 0 radical (unpaired) electrons. The van der Waals surface area contributed by atoms with Gasteiger partial charge in [-0.2, -0.15) is 0 Å². The number of hydrogen-bond acceptors (Lipinski definition) is 5. The van der Waals surface area contributed by atoms with E-state index in [1.165, 1.54) is 6.26 Å². The van der Waals surface area contributed by atoms with Gasteiger partial charge >= 0.3 is 5.97 Å². The number of carbonyl (C=O) groups excluding carboxylic acids is 2. The predicted molar refractivity (Wildman–Crippen MR) is 101 cm³/mol. The van der Waals surface area contributed by atoms with Gasteiger partial charge in [0, 0.05) is 6.42 Å². The first kappa shape index (κ1) is 19.5. The quantitative estimate of drug-likeness (QED) is 0.743. The molecule has 1 fully saturated rings. The van der Waals surface area contributed by atoms with Crippen LogP contribution in [0.2, 0.25) is 0 Å². The van der Waals surface area contributed by atoms with Gasteiger partial charge in [0.05, 0.1) is 11.8 Å². The van der Waals surface area contributed by atoms with Crippen LogP contribution in [0.4, 0.5) is 0 Å². The molecule has 1 aromatic carbocycles. The zero-order chi connectivity index (χ0) is 19.7. The third-order valence-corrected chi connectivity index (χ3v) is 5.41. The Hall–Kier alpha value is -2.30. The standard InChI is InChI=1S/C22H28O5/c1-12(2)22(24)26-16-6-7-17-19(10-16)25-11-20(21(17)23)27-18-9-13(3)8-14(4)15(18)5/h8-9,11-12,16-17,19H,6-7,10H2,1-5H3. The van der Waals surface area contributed by atoms with Crippen molar-refractivity contribution < 1.29 is 23.8 Å². The van der Waals surface area contributed by atoms with E-state index in [0.717, 1.165) is 16.7 Å². The number of fused-ring (bicyclic) bond motifs is 1. The maximum absolute atomic E-state index is 12.9. The summed E-state index contributed by atoms with van der Waals surface area (Å²) in [6.45, 7) is 9.64. The van der Waals surface area contributed by atoms with Gasteiger partial charge in [0.2, 0.25) is 11.5 Å². The topological polar surface area (TPSA) is 61.8 Å². The first-order valence-corrected chi connectivity index (χ1v) is 9.62. The number of benzene rings is 1. The molecular formula is C22H28O5. The van der Waals surface area contributed by atoms with Crippen molar-refractivity contribution in [1.82, 2.24) is 0 Å². The van der Waals surface area contributed by atoms with Crippen LogP contribution < -0.4 is 4.74 Å². The van der Waals surface area contributed by atoms with E-state index >= 15 is 0 Å². The Morgan fingerprint density at radius 2 is 1.93 bits per heavy atom. The summed E-state index contributed by atoms with van der Waals surface area (Å²) in [7, 11) is 0. The van der Waals surface area contributed by atoms with Crippen LogP contribution in [0.5, 0.6) is 5.75 Å². The second-order valence-corrected chi connectivity index (χ2v) is 7.96. The molecule has 2 aliphatic rings. The highest BCUT2D eigenvalue weighted by Gasteiger charge is 2.42. The van der Waals surface area contributed by atoms with E-state index in [1.807, 2.05) is 40.7 Å². The first-order valence-electron chi connectivity index (χ1n) is 9.62. The first-order chi connectivity index (χ1) is 12.8. The van der Waals surface area contributed by atoms with Gasteiger partial charge < -0.3 is 14.2 Å². The van der Waals surface area contributed by atoms with Gasteiger partial charge in [-0.15, -0.1) is 0 Å². The molecule has 0 saturated heterocycles. The molecule has 146 valence electrons. The van der Waals surface area contributed by atoms with Crippen molar-refractivity contribution in [1.29, 1.82) is 0 Å². The second-order valence-electron chi connectivity index (χ2n) is 7.96.